The molecule has 0 unspecified atom stereocenters. The number of rotatable bonds is 9. The third-order valence-electron chi connectivity index (χ3n) is 2.15. The van der Waals surface area contributed by atoms with Crippen molar-refractivity contribution in [1.82, 2.24) is 10.6 Å². The Kier molecular flexibility index (Phi) is 9.05. The third kappa shape index (κ3) is 10.9. The summed E-state index contributed by atoms with van der Waals surface area (Å²) in [6.45, 7) is 7.25. The number of hydrogen-bond acceptors (Lipinski definition) is 3. The lowest BCUT2D eigenvalue weighted by Gasteiger charge is -2.05. The predicted octanol–water partition coefficient (Wildman–Crippen LogP) is 0.314. The molecule has 0 spiro atoms. The van der Waals surface area contributed by atoms with Crippen LogP contribution in [0.5, 0.6) is 0 Å². The Bertz CT molecular complexity index is 264. The first kappa shape index (κ1) is 15.6. The Balaban J connectivity index is 3.46. The van der Waals surface area contributed by atoms with Crippen LogP contribution in [-0.2, 0) is 9.59 Å². The first-order chi connectivity index (χ1) is 8.06. The molecular formula is C12H23N3O2. The third-order valence-corrected chi connectivity index (χ3v) is 2.15. The Morgan fingerprint density at radius 3 is 2.06 bits per heavy atom. The fourth-order valence-electron chi connectivity index (χ4n) is 1.23. The second kappa shape index (κ2) is 9.84. The van der Waals surface area contributed by atoms with Crippen molar-refractivity contribution in [3.8, 4) is 0 Å². The molecule has 0 bridgehead atoms. The van der Waals surface area contributed by atoms with Crippen molar-refractivity contribution < 1.29 is 9.59 Å². The predicted molar refractivity (Wildman–Crippen MR) is 68.4 cm³/mol. The maximum atomic E-state index is 11.3. The van der Waals surface area contributed by atoms with Gasteiger partial charge in [0.1, 0.15) is 0 Å². The monoisotopic (exact) mass is 241 g/mol. The number of carbonyl (C=O) groups is 2. The summed E-state index contributed by atoms with van der Waals surface area (Å²) in [6.07, 6.45) is 2.24. The molecule has 0 aromatic carbocycles. The zero-order chi connectivity index (χ0) is 13.1. The van der Waals surface area contributed by atoms with Gasteiger partial charge in [0.15, 0.2) is 0 Å². The molecule has 5 heteroatoms. The highest BCUT2D eigenvalue weighted by Gasteiger charge is 2.05. The van der Waals surface area contributed by atoms with Crippen LogP contribution in [0.1, 0.15) is 32.6 Å². The molecule has 2 amide bonds. The maximum Gasteiger partial charge on any atom is 0.220 e. The summed E-state index contributed by atoms with van der Waals surface area (Å²) in [5.74, 6) is -0.220. The molecule has 0 aromatic heterocycles. The molecule has 0 aliphatic rings. The van der Waals surface area contributed by atoms with Gasteiger partial charge in [-0.05, 0) is 19.8 Å². The Morgan fingerprint density at radius 2 is 1.59 bits per heavy atom. The molecule has 0 aromatic rings. The number of hydrogen-bond donors (Lipinski definition) is 3. The van der Waals surface area contributed by atoms with Crippen LogP contribution in [-0.4, -0.2) is 31.4 Å². The molecule has 17 heavy (non-hydrogen) atoms. The molecule has 0 fully saturated rings. The van der Waals surface area contributed by atoms with Crippen LogP contribution in [0.4, 0.5) is 0 Å². The lowest BCUT2D eigenvalue weighted by molar-refractivity contribution is -0.126. The molecule has 0 saturated heterocycles. The molecule has 4 N–H and O–H groups in total. The topological polar surface area (TPSA) is 84.2 Å². The lowest BCUT2D eigenvalue weighted by atomic mass is 10.2. The summed E-state index contributed by atoms with van der Waals surface area (Å²) < 4.78 is 0. The van der Waals surface area contributed by atoms with Crippen LogP contribution < -0.4 is 16.4 Å². The van der Waals surface area contributed by atoms with E-state index in [4.69, 9.17) is 5.73 Å². The SMILES string of the molecule is C=C(C)CCCNC(=O)CCC(=O)NCCN. The van der Waals surface area contributed by atoms with E-state index >= 15 is 0 Å². The second-order valence-corrected chi connectivity index (χ2v) is 4.05. The van der Waals surface area contributed by atoms with Gasteiger partial charge in [-0.15, -0.1) is 6.58 Å². The fourth-order valence-corrected chi connectivity index (χ4v) is 1.23. The number of allylic oxidation sites excluding steroid dienone is 1. The highest BCUT2D eigenvalue weighted by Crippen LogP contribution is 1.98. The number of nitrogens with one attached hydrogen (secondary N) is 2. The first-order valence-corrected chi connectivity index (χ1v) is 5.94. The van der Waals surface area contributed by atoms with Gasteiger partial charge in [0, 0.05) is 32.5 Å². The summed E-state index contributed by atoms with van der Waals surface area (Å²) in [5, 5.41) is 5.38. The van der Waals surface area contributed by atoms with Gasteiger partial charge in [-0.1, -0.05) is 5.57 Å². The number of amides is 2. The molecule has 0 aliphatic heterocycles. The van der Waals surface area contributed by atoms with E-state index in [2.05, 4.69) is 17.2 Å². The average Bonchev–Trinajstić information content (AvgIpc) is 2.29. The highest BCUT2D eigenvalue weighted by atomic mass is 16.2. The van der Waals surface area contributed by atoms with E-state index in [1.807, 2.05) is 6.92 Å². The minimum Gasteiger partial charge on any atom is -0.356 e. The van der Waals surface area contributed by atoms with Crippen molar-refractivity contribution >= 4 is 11.8 Å². The molecule has 0 rings (SSSR count). The maximum absolute atomic E-state index is 11.3. The van der Waals surface area contributed by atoms with Gasteiger partial charge in [0.2, 0.25) is 11.8 Å². The quantitative estimate of drug-likeness (QED) is 0.401. The largest absolute Gasteiger partial charge is 0.356 e. The van der Waals surface area contributed by atoms with Gasteiger partial charge in [0.25, 0.3) is 0 Å². The zero-order valence-electron chi connectivity index (χ0n) is 10.6. The van der Waals surface area contributed by atoms with Gasteiger partial charge in [-0.25, -0.2) is 0 Å². The van der Waals surface area contributed by atoms with Crippen LogP contribution in [0.2, 0.25) is 0 Å². The smallest absolute Gasteiger partial charge is 0.220 e. The van der Waals surface area contributed by atoms with Crippen LogP contribution >= 0.6 is 0 Å². The standard InChI is InChI=1S/C12H23N3O2/c1-10(2)4-3-8-14-11(16)5-6-12(17)15-9-7-13/h1,3-9,13H2,2H3,(H,14,16)(H,15,17). The normalized spacial score (nSPS) is 9.76. The van der Waals surface area contributed by atoms with Gasteiger partial charge in [0.05, 0.1) is 0 Å². The van der Waals surface area contributed by atoms with Crippen molar-refractivity contribution in [2.45, 2.75) is 32.6 Å². The van der Waals surface area contributed by atoms with Gasteiger partial charge in [-0.2, -0.15) is 0 Å². The number of carbonyl (C=O) groups excluding carboxylic acids is 2. The van der Waals surface area contributed by atoms with E-state index in [0.29, 0.717) is 19.6 Å². The average molecular weight is 241 g/mol. The minimum atomic E-state index is -0.132. The van der Waals surface area contributed by atoms with Crippen molar-refractivity contribution in [1.29, 1.82) is 0 Å². The minimum absolute atomic E-state index is 0.0883. The van der Waals surface area contributed by atoms with Gasteiger partial charge >= 0.3 is 0 Å². The first-order valence-electron chi connectivity index (χ1n) is 5.94. The Hall–Kier alpha value is -1.36. The molecule has 0 radical (unpaired) electrons. The molecule has 98 valence electrons. The van der Waals surface area contributed by atoms with E-state index in [1.165, 1.54) is 0 Å². The summed E-state index contributed by atoms with van der Waals surface area (Å²) in [4.78, 5) is 22.5. The Morgan fingerprint density at radius 1 is 1.06 bits per heavy atom. The van der Waals surface area contributed by atoms with E-state index in [1.54, 1.807) is 0 Å². The van der Waals surface area contributed by atoms with Crippen LogP contribution in [0, 0.1) is 0 Å². The van der Waals surface area contributed by atoms with Crippen LogP contribution in [0.15, 0.2) is 12.2 Å². The fraction of sp³-hybridized carbons (Fsp3) is 0.667. The van der Waals surface area contributed by atoms with E-state index in [-0.39, 0.29) is 24.7 Å². The van der Waals surface area contributed by atoms with Crippen molar-refractivity contribution in [3.05, 3.63) is 12.2 Å². The van der Waals surface area contributed by atoms with Crippen molar-refractivity contribution in [2.75, 3.05) is 19.6 Å². The lowest BCUT2D eigenvalue weighted by Crippen LogP contribution is -2.31. The van der Waals surface area contributed by atoms with Crippen LogP contribution in [0.3, 0.4) is 0 Å². The second-order valence-electron chi connectivity index (χ2n) is 4.05. The summed E-state index contributed by atoms with van der Waals surface area (Å²) in [7, 11) is 0. The van der Waals surface area contributed by atoms with E-state index in [9.17, 15) is 9.59 Å². The molecule has 5 nitrogen and oxygen atoms in total. The van der Waals surface area contributed by atoms with E-state index in [0.717, 1.165) is 18.4 Å². The highest BCUT2D eigenvalue weighted by molar-refractivity contribution is 5.83. The van der Waals surface area contributed by atoms with Crippen LogP contribution in [0.25, 0.3) is 0 Å². The summed E-state index contributed by atoms with van der Waals surface area (Å²) in [5.41, 5.74) is 6.35. The zero-order valence-corrected chi connectivity index (χ0v) is 10.6. The molecule has 0 heterocycles. The van der Waals surface area contributed by atoms with Gasteiger partial charge < -0.3 is 16.4 Å². The molecular weight excluding hydrogens is 218 g/mol. The number of nitrogens with two attached hydrogens (primary N) is 1. The van der Waals surface area contributed by atoms with Crippen molar-refractivity contribution in [2.24, 2.45) is 5.73 Å². The Labute approximate surface area is 103 Å². The summed E-state index contributed by atoms with van der Waals surface area (Å²) in [6, 6.07) is 0. The van der Waals surface area contributed by atoms with Crippen molar-refractivity contribution in [3.63, 3.8) is 0 Å². The summed E-state index contributed by atoms with van der Waals surface area (Å²) >= 11 is 0. The molecule has 0 saturated carbocycles. The molecule has 0 aliphatic carbocycles. The molecule has 0 atom stereocenters. The van der Waals surface area contributed by atoms with Gasteiger partial charge in [-0.3, -0.25) is 9.59 Å². The van der Waals surface area contributed by atoms with E-state index < -0.39 is 0 Å².